The molecule has 0 heterocycles. The SMILES string of the molecule is CN=CCC(=N)C(F)(F)F. The number of halogens is 3. The molecule has 0 aromatic carbocycles. The number of rotatable bonds is 2. The number of hydrogen-bond acceptors (Lipinski definition) is 2. The molecule has 0 spiro atoms. The summed E-state index contributed by atoms with van der Waals surface area (Å²) in [5, 5.41) is 6.43. The van der Waals surface area contributed by atoms with Crippen LogP contribution >= 0.6 is 0 Å². The first kappa shape index (κ1) is 9.13. The summed E-state index contributed by atoms with van der Waals surface area (Å²) in [6, 6.07) is 0. The van der Waals surface area contributed by atoms with E-state index in [1.54, 1.807) is 0 Å². The average molecular weight is 152 g/mol. The standard InChI is InChI=1S/C5H7F3N2/c1-10-3-2-4(9)5(6,7)8/h3,9H,2H2,1H3. The lowest BCUT2D eigenvalue weighted by atomic mass is 10.3. The first-order valence-electron chi connectivity index (χ1n) is 2.53. The van der Waals surface area contributed by atoms with Gasteiger partial charge < -0.3 is 10.4 Å². The Bertz CT molecular complexity index is 147. The van der Waals surface area contributed by atoms with Crippen LogP contribution in [0.3, 0.4) is 0 Å². The molecule has 0 aliphatic rings. The molecule has 0 saturated heterocycles. The molecule has 0 radical (unpaired) electrons. The van der Waals surface area contributed by atoms with Gasteiger partial charge in [0.25, 0.3) is 0 Å². The van der Waals surface area contributed by atoms with Gasteiger partial charge in [-0.15, -0.1) is 0 Å². The summed E-state index contributed by atoms with van der Waals surface area (Å²) in [7, 11) is 1.36. The third-order valence-corrected chi connectivity index (χ3v) is 0.820. The fraction of sp³-hybridized carbons (Fsp3) is 0.600. The molecule has 1 N–H and O–H groups in total. The second-order valence-electron chi connectivity index (χ2n) is 1.62. The molecule has 58 valence electrons. The van der Waals surface area contributed by atoms with E-state index in [9.17, 15) is 13.2 Å². The van der Waals surface area contributed by atoms with E-state index in [0.717, 1.165) is 6.21 Å². The van der Waals surface area contributed by atoms with Crippen LogP contribution in [0.2, 0.25) is 0 Å². The van der Waals surface area contributed by atoms with E-state index in [0.29, 0.717) is 0 Å². The van der Waals surface area contributed by atoms with Gasteiger partial charge in [0.15, 0.2) is 0 Å². The minimum atomic E-state index is -4.50. The zero-order valence-electron chi connectivity index (χ0n) is 5.37. The van der Waals surface area contributed by atoms with Crippen LogP contribution < -0.4 is 0 Å². The van der Waals surface area contributed by atoms with Gasteiger partial charge in [-0.2, -0.15) is 13.2 Å². The summed E-state index contributed by atoms with van der Waals surface area (Å²) < 4.78 is 34.5. The van der Waals surface area contributed by atoms with E-state index in [1.165, 1.54) is 7.05 Å². The summed E-state index contributed by atoms with van der Waals surface area (Å²) in [6.07, 6.45) is -3.89. The maximum Gasteiger partial charge on any atom is 0.429 e. The van der Waals surface area contributed by atoms with Crippen molar-refractivity contribution in [1.29, 1.82) is 5.41 Å². The van der Waals surface area contributed by atoms with Gasteiger partial charge in [0.2, 0.25) is 0 Å². The van der Waals surface area contributed by atoms with Crippen molar-refractivity contribution in [3.8, 4) is 0 Å². The van der Waals surface area contributed by atoms with Crippen molar-refractivity contribution >= 4 is 11.9 Å². The highest BCUT2D eigenvalue weighted by atomic mass is 19.4. The van der Waals surface area contributed by atoms with Crippen molar-refractivity contribution in [1.82, 2.24) is 0 Å². The topological polar surface area (TPSA) is 36.2 Å². The van der Waals surface area contributed by atoms with Gasteiger partial charge in [-0.05, 0) is 0 Å². The summed E-state index contributed by atoms with van der Waals surface area (Å²) in [6.45, 7) is 0. The highest BCUT2D eigenvalue weighted by Gasteiger charge is 2.32. The first-order valence-corrected chi connectivity index (χ1v) is 2.53. The van der Waals surface area contributed by atoms with Gasteiger partial charge in [0.1, 0.15) is 5.71 Å². The molecule has 2 nitrogen and oxygen atoms in total. The van der Waals surface area contributed by atoms with Crippen molar-refractivity contribution in [2.75, 3.05) is 7.05 Å². The fourth-order valence-corrected chi connectivity index (χ4v) is 0.298. The van der Waals surface area contributed by atoms with Crippen LogP contribution in [-0.2, 0) is 0 Å². The zero-order chi connectivity index (χ0) is 8.20. The van der Waals surface area contributed by atoms with Crippen LogP contribution in [0.5, 0.6) is 0 Å². The second kappa shape index (κ2) is 3.34. The molecule has 10 heavy (non-hydrogen) atoms. The van der Waals surface area contributed by atoms with E-state index in [1.807, 2.05) is 0 Å². The van der Waals surface area contributed by atoms with Crippen molar-refractivity contribution in [2.45, 2.75) is 12.6 Å². The van der Waals surface area contributed by atoms with Crippen LogP contribution in [0.1, 0.15) is 6.42 Å². The maximum atomic E-state index is 11.5. The number of alkyl halides is 3. The Morgan fingerprint density at radius 1 is 1.60 bits per heavy atom. The smallest absolute Gasteiger partial charge is 0.300 e. The predicted molar refractivity (Wildman–Crippen MR) is 32.8 cm³/mol. The van der Waals surface area contributed by atoms with Crippen molar-refractivity contribution in [3.05, 3.63) is 0 Å². The van der Waals surface area contributed by atoms with E-state index in [2.05, 4.69) is 4.99 Å². The number of nitrogens with one attached hydrogen (secondary N) is 1. The molecule has 0 aliphatic carbocycles. The zero-order valence-corrected chi connectivity index (χ0v) is 5.37. The van der Waals surface area contributed by atoms with Crippen LogP contribution in [0.15, 0.2) is 4.99 Å². The van der Waals surface area contributed by atoms with E-state index < -0.39 is 18.3 Å². The molecule has 0 rings (SSSR count). The van der Waals surface area contributed by atoms with E-state index in [4.69, 9.17) is 5.41 Å². The van der Waals surface area contributed by atoms with Gasteiger partial charge in [0.05, 0.1) is 0 Å². The number of nitrogens with zero attached hydrogens (tertiary/aromatic N) is 1. The highest BCUT2D eigenvalue weighted by molar-refractivity contribution is 5.96. The lowest BCUT2D eigenvalue weighted by molar-refractivity contribution is -0.0604. The van der Waals surface area contributed by atoms with Crippen LogP contribution in [0.4, 0.5) is 13.2 Å². The van der Waals surface area contributed by atoms with E-state index >= 15 is 0 Å². The Labute approximate surface area is 56.3 Å². The number of aliphatic imine (C=N–C) groups is 1. The maximum absolute atomic E-state index is 11.5. The normalized spacial score (nSPS) is 12.4. The predicted octanol–water partition coefficient (Wildman–Crippen LogP) is 1.66. The van der Waals surface area contributed by atoms with E-state index in [-0.39, 0.29) is 0 Å². The lowest BCUT2D eigenvalue weighted by Crippen LogP contribution is -2.21. The molecule has 5 heteroatoms. The quantitative estimate of drug-likeness (QED) is 0.584. The largest absolute Gasteiger partial charge is 0.429 e. The minimum absolute atomic E-state index is 0.444. The van der Waals surface area contributed by atoms with Crippen LogP contribution in [-0.4, -0.2) is 25.2 Å². The molecule has 0 aromatic rings. The third kappa shape index (κ3) is 3.21. The van der Waals surface area contributed by atoms with Crippen molar-refractivity contribution in [3.63, 3.8) is 0 Å². The van der Waals surface area contributed by atoms with Crippen molar-refractivity contribution < 1.29 is 13.2 Å². The molecule has 0 unspecified atom stereocenters. The van der Waals surface area contributed by atoms with Gasteiger partial charge in [0, 0.05) is 19.7 Å². The Balaban J connectivity index is 3.86. The summed E-state index contributed by atoms with van der Waals surface area (Å²) in [5.41, 5.74) is -1.27. The third-order valence-electron chi connectivity index (χ3n) is 0.820. The number of hydrogen-bond donors (Lipinski definition) is 1. The molecule has 0 aliphatic heterocycles. The molecule has 0 atom stereocenters. The first-order chi connectivity index (χ1) is 4.48. The molecule has 0 fully saturated rings. The van der Waals surface area contributed by atoms with Gasteiger partial charge in [-0.25, -0.2) is 0 Å². The Kier molecular flexibility index (Phi) is 3.05. The molecule has 0 amide bonds. The van der Waals surface area contributed by atoms with Gasteiger partial charge in [-0.3, -0.25) is 0 Å². The van der Waals surface area contributed by atoms with Crippen LogP contribution in [0.25, 0.3) is 0 Å². The van der Waals surface area contributed by atoms with Gasteiger partial charge >= 0.3 is 6.18 Å². The molecule has 0 saturated carbocycles. The Morgan fingerprint density at radius 2 is 2.10 bits per heavy atom. The second-order valence-corrected chi connectivity index (χ2v) is 1.62. The Hall–Kier alpha value is -0.870. The molecular weight excluding hydrogens is 145 g/mol. The highest BCUT2D eigenvalue weighted by Crippen LogP contribution is 2.17. The monoisotopic (exact) mass is 152 g/mol. The summed E-state index contributed by atoms with van der Waals surface area (Å²) in [5.74, 6) is 0. The Morgan fingerprint density at radius 3 is 2.40 bits per heavy atom. The van der Waals surface area contributed by atoms with Crippen molar-refractivity contribution in [2.24, 2.45) is 4.99 Å². The fourth-order valence-electron chi connectivity index (χ4n) is 0.298. The molecule has 0 bridgehead atoms. The summed E-state index contributed by atoms with van der Waals surface area (Å²) >= 11 is 0. The van der Waals surface area contributed by atoms with Gasteiger partial charge in [-0.1, -0.05) is 0 Å². The average Bonchev–Trinajstić information content (AvgIpc) is 1.80. The summed E-state index contributed by atoms with van der Waals surface area (Å²) in [4.78, 5) is 3.32. The molecule has 0 aromatic heterocycles. The molecular formula is C5H7F3N2. The minimum Gasteiger partial charge on any atom is -0.300 e. The van der Waals surface area contributed by atoms with Crippen LogP contribution in [0, 0.1) is 5.41 Å². The lowest BCUT2D eigenvalue weighted by Gasteiger charge is -2.03.